The van der Waals surface area contributed by atoms with Crippen molar-refractivity contribution in [3.8, 4) is 0 Å². The lowest BCUT2D eigenvalue weighted by Gasteiger charge is -2.25. The first-order valence-corrected chi connectivity index (χ1v) is 6.55. The van der Waals surface area contributed by atoms with Crippen molar-refractivity contribution < 1.29 is 18.5 Å². The van der Waals surface area contributed by atoms with E-state index in [2.05, 4.69) is 10.6 Å². The van der Waals surface area contributed by atoms with E-state index in [0.717, 1.165) is 0 Å². The molecular formula is C13H15F2N3O3. The van der Waals surface area contributed by atoms with Crippen LogP contribution in [0.2, 0.25) is 0 Å². The van der Waals surface area contributed by atoms with Crippen molar-refractivity contribution in [3.63, 3.8) is 0 Å². The quantitative estimate of drug-likeness (QED) is 0.659. The van der Waals surface area contributed by atoms with E-state index in [-0.39, 0.29) is 0 Å². The molecule has 2 N–H and O–H groups in total. The number of amides is 1. The molecule has 0 bridgehead atoms. The number of nitro benzene ring substituents is 1. The Morgan fingerprint density at radius 1 is 1.52 bits per heavy atom. The Hall–Kier alpha value is -2.09. The third kappa shape index (κ3) is 2.85. The van der Waals surface area contributed by atoms with E-state index >= 15 is 0 Å². The smallest absolute Gasteiger partial charge is 0.298 e. The van der Waals surface area contributed by atoms with Crippen molar-refractivity contribution >= 4 is 17.3 Å². The second kappa shape index (κ2) is 5.72. The number of rotatable bonds is 4. The lowest BCUT2D eigenvalue weighted by molar-refractivity contribution is -0.384. The highest BCUT2D eigenvalue weighted by atomic mass is 19.1. The summed E-state index contributed by atoms with van der Waals surface area (Å²) in [5.74, 6) is -2.72. The van der Waals surface area contributed by atoms with Crippen LogP contribution in [0.4, 0.5) is 20.2 Å². The van der Waals surface area contributed by atoms with Gasteiger partial charge in [0.1, 0.15) is 5.82 Å². The molecule has 1 saturated heterocycles. The summed E-state index contributed by atoms with van der Waals surface area (Å²) in [7, 11) is 0. The number of nitrogens with one attached hydrogen (secondary N) is 2. The lowest BCUT2D eigenvalue weighted by Crippen LogP contribution is -2.38. The Kier molecular flexibility index (Phi) is 4.17. The van der Waals surface area contributed by atoms with Crippen LogP contribution in [0.5, 0.6) is 0 Å². The van der Waals surface area contributed by atoms with Crippen LogP contribution in [0.15, 0.2) is 12.1 Å². The van der Waals surface area contributed by atoms with Gasteiger partial charge in [0.25, 0.3) is 5.69 Å². The minimum Gasteiger partial charge on any atom is -0.317 e. The monoisotopic (exact) mass is 299 g/mol. The van der Waals surface area contributed by atoms with Crippen molar-refractivity contribution in [3.05, 3.63) is 33.9 Å². The van der Waals surface area contributed by atoms with Crippen LogP contribution in [-0.4, -0.2) is 23.9 Å². The van der Waals surface area contributed by atoms with Gasteiger partial charge in [-0.2, -0.15) is 0 Å². The van der Waals surface area contributed by atoms with E-state index in [1.165, 1.54) is 0 Å². The van der Waals surface area contributed by atoms with E-state index < -0.39 is 39.3 Å². The number of nitrogens with zero attached hydrogens (tertiary/aromatic N) is 1. The molecule has 8 heteroatoms. The first kappa shape index (κ1) is 15.3. The van der Waals surface area contributed by atoms with Gasteiger partial charge in [0.05, 0.1) is 16.4 Å². The summed E-state index contributed by atoms with van der Waals surface area (Å²) < 4.78 is 26.9. The summed E-state index contributed by atoms with van der Waals surface area (Å²) >= 11 is 0. The molecular weight excluding hydrogens is 284 g/mol. The normalized spacial score (nSPS) is 21.3. The van der Waals surface area contributed by atoms with Crippen LogP contribution in [0.1, 0.15) is 19.8 Å². The molecule has 114 valence electrons. The third-order valence-electron chi connectivity index (χ3n) is 3.87. The Labute approximate surface area is 119 Å². The molecule has 1 aromatic rings. The minimum atomic E-state index is -1.16. The molecule has 0 radical (unpaired) electrons. The summed E-state index contributed by atoms with van der Waals surface area (Å²) in [4.78, 5) is 22.3. The van der Waals surface area contributed by atoms with Crippen LogP contribution in [0, 0.1) is 27.2 Å². The van der Waals surface area contributed by atoms with Crippen molar-refractivity contribution in [1.29, 1.82) is 0 Å². The van der Waals surface area contributed by atoms with Gasteiger partial charge in [0.15, 0.2) is 11.5 Å². The minimum absolute atomic E-state index is 0.423. The van der Waals surface area contributed by atoms with Gasteiger partial charge < -0.3 is 10.6 Å². The van der Waals surface area contributed by atoms with Gasteiger partial charge in [-0.05, 0) is 19.4 Å². The average Bonchev–Trinajstić information content (AvgIpc) is 2.91. The summed E-state index contributed by atoms with van der Waals surface area (Å²) in [6.07, 6.45) is 1.08. The topological polar surface area (TPSA) is 84.3 Å². The highest BCUT2D eigenvalue weighted by Gasteiger charge is 2.40. The number of carbonyl (C=O) groups is 1. The molecule has 21 heavy (non-hydrogen) atoms. The average molecular weight is 299 g/mol. The molecule has 6 nitrogen and oxygen atoms in total. The fraction of sp³-hybridized carbons (Fsp3) is 0.462. The van der Waals surface area contributed by atoms with Gasteiger partial charge >= 0.3 is 0 Å². The van der Waals surface area contributed by atoms with Crippen molar-refractivity contribution in [2.24, 2.45) is 5.41 Å². The van der Waals surface area contributed by atoms with E-state index in [0.29, 0.717) is 38.1 Å². The van der Waals surface area contributed by atoms with Crippen LogP contribution < -0.4 is 10.6 Å². The number of carbonyl (C=O) groups excluding carboxylic acids is 1. The van der Waals surface area contributed by atoms with Crippen LogP contribution in [-0.2, 0) is 4.79 Å². The number of benzene rings is 1. The number of nitro groups is 1. The highest BCUT2D eigenvalue weighted by Crippen LogP contribution is 2.34. The first-order valence-electron chi connectivity index (χ1n) is 6.55. The van der Waals surface area contributed by atoms with Crippen molar-refractivity contribution in [2.45, 2.75) is 19.8 Å². The van der Waals surface area contributed by atoms with Crippen LogP contribution in [0.3, 0.4) is 0 Å². The number of halogens is 2. The summed E-state index contributed by atoms with van der Waals surface area (Å²) in [5.41, 5.74) is -2.11. The molecule has 0 aromatic heterocycles. The zero-order valence-corrected chi connectivity index (χ0v) is 11.4. The van der Waals surface area contributed by atoms with Gasteiger partial charge in [0, 0.05) is 12.6 Å². The van der Waals surface area contributed by atoms with Gasteiger partial charge in [-0.1, -0.05) is 6.92 Å². The molecule has 1 amide bonds. The molecule has 1 fully saturated rings. The molecule has 1 unspecified atom stereocenters. The number of anilines is 1. The molecule has 0 spiro atoms. The molecule has 1 aliphatic rings. The molecule has 2 rings (SSSR count). The predicted octanol–water partition coefficient (Wildman–Crippen LogP) is 2.20. The maximum atomic E-state index is 13.8. The van der Waals surface area contributed by atoms with E-state index in [1.54, 1.807) is 0 Å². The largest absolute Gasteiger partial charge is 0.317 e. The summed E-state index contributed by atoms with van der Waals surface area (Å²) in [6.45, 7) is 2.89. The Balaban J connectivity index is 2.35. The van der Waals surface area contributed by atoms with Gasteiger partial charge in [-0.25, -0.2) is 8.78 Å². The van der Waals surface area contributed by atoms with Crippen molar-refractivity contribution in [2.75, 3.05) is 18.4 Å². The van der Waals surface area contributed by atoms with E-state index in [1.807, 2.05) is 6.92 Å². The number of hydrogen-bond donors (Lipinski definition) is 2. The Morgan fingerprint density at radius 3 is 2.76 bits per heavy atom. The summed E-state index contributed by atoms with van der Waals surface area (Å²) in [6, 6.07) is 1.10. The SMILES string of the molecule is CCC1(C(=O)Nc2c(F)cc(F)cc2[N+](=O)[O-])CCNC1. The van der Waals surface area contributed by atoms with Crippen LogP contribution >= 0.6 is 0 Å². The second-order valence-electron chi connectivity index (χ2n) is 5.05. The number of hydrogen-bond acceptors (Lipinski definition) is 4. The molecule has 1 heterocycles. The standard InChI is InChI=1S/C13H15F2N3O3/c1-2-13(3-4-16-7-13)12(19)17-11-9(15)5-8(14)6-10(11)18(20)21/h5-6,16H,2-4,7H2,1H3,(H,17,19). The maximum absolute atomic E-state index is 13.8. The summed E-state index contributed by atoms with van der Waals surface area (Å²) in [5, 5.41) is 16.2. The molecule has 1 aromatic carbocycles. The Bertz CT molecular complexity index is 586. The lowest BCUT2D eigenvalue weighted by atomic mass is 9.83. The zero-order valence-electron chi connectivity index (χ0n) is 11.4. The van der Waals surface area contributed by atoms with E-state index in [4.69, 9.17) is 0 Å². The molecule has 1 atom stereocenters. The third-order valence-corrected chi connectivity index (χ3v) is 3.87. The van der Waals surface area contributed by atoms with E-state index in [9.17, 15) is 23.7 Å². The zero-order chi connectivity index (χ0) is 15.6. The molecule has 0 saturated carbocycles. The predicted molar refractivity (Wildman–Crippen MR) is 71.9 cm³/mol. The van der Waals surface area contributed by atoms with Gasteiger partial charge in [-0.3, -0.25) is 14.9 Å². The fourth-order valence-electron chi connectivity index (χ4n) is 2.47. The van der Waals surface area contributed by atoms with Gasteiger partial charge in [-0.15, -0.1) is 0 Å². The van der Waals surface area contributed by atoms with Gasteiger partial charge in [0.2, 0.25) is 5.91 Å². The van der Waals surface area contributed by atoms with Crippen molar-refractivity contribution in [1.82, 2.24) is 5.32 Å². The maximum Gasteiger partial charge on any atom is 0.298 e. The fourth-order valence-corrected chi connectivity index (χ4v) is 2.47. The second-order valence-corrected chi connectivity index (χ2v) is 5.05. The van der Waals surface area contributed by atoms with Crippen LogP contribution in [0.25, 0.3) is 0 Å². The highest BCUT2D eigenvalue weighted by molar-refractivity contribution is 5.97. The Morgan fingerprint density at radius 2 is 2.24 bits per heavy atom. The molecule has 0 aliphatic carbocycles. The first-order chi connectivity index (χ1) is 9.89. The molecule has 1 aliphatic heterocycles.